The summed E-state index contributed by atoms with van der Waals surface area (Å²) in [5.74, 6) is -1.87. The van der Waals surface area contributed by atoms with Crippen molar-refractivity contribution in [3.63, 3.8) is 0 Å². The topological polar surface area (TPSA) is 60.2 Å². The Morgan fingerprint density at radius 2 is 2.10 bits per heavy atom. The number of carbonyl (C=O) groups is 1. The van der Waals surface area contributed by atoms with Crippen LogP contribution in [0.25, 0.3) is 0 Å². The predicted molar refractivity (Wildman–Crippen MR) is 98.1 cm³/mol. The lowest BCUT2D eigenvalue weighted by molar-refractivity contribution is -0.201. The predicted octanol–water partition coefficient (Wildman–Crippen LogP) is 3.55. The Labute approximate surface area is 170 Å². The van der Waals surface area contributed by atoms with Crippen LogP contribution in [-0.2, 0) is 28.6 Å². The standard InChI is InChI=1S/C19H20ClF3N4O2/c1-11-8-18(14-4-3-13(20)7-12(14)5-6-29-18)9-16(15-10-26(2)25-24-15)27(11)17(28)19(21,22)23/h3-4,7,10-11,16H,5-6,8-9H2,1-2H3/t11-,16-,18-/m0/s1. The second-order valence-electron chi connectivity index (χ2n) is 7.69. The molecule has 1 amide bonds. The Morgan fingerprint density at radius 3 is 2.76 bits per heavy atom. The number of benzene rings is 1. The molecule has 1 aromatic heterocycles. The highest BCUT2D eigenvalue weighted by Crippen LogP contribution is 2.50. The van der Waals surface area contributed by atoms with Gasteiger partial charge in [-0.05, 0) is 36.6 Å². The molecule has 2 aliphatic rings. The Kier molecular flexibility index (Phi) is 4.85. The third-order valence-corrected chi connectivity index (χ3v) is 5.94. The number of carbonyl (C=O) groups excluding carboxylic acids is 1. The first-order chi connectivity index (χ1) is 13.6. The quantitative estimate of drug-likeness (QED) is 0.697. The highest BCUT2D eigenvalue weighted by Gasteiger charge is 2.54. The number of likely N-dealkylation sites (tertiary alicyclic amines) is 1. The summed E-state index contributed by atoms with van der Waals surface area (Å²) in [6, 6.07) is 3.87. The smallest absolute Gasteiger partial charge is 0.370 e. The fourth-order valence-electron chi connectivity index (χ4n) is 4.62. The van der Waals surface area contributed by atoms with Crippen molar-refractivity contribution >= 4 is 17.5 Å². The molecule has 10 heteroatoms. The van der Waals surface area contributed by atoms with Crippen LogP contribution in [0.15, 0.2) is 24.4 Å². The van der Waals surface area contributed by atoms with Gasteiger partial charge in [0.2, 0.25) is 0 Å². The minimum absolute atomic E-state index is 0.159. The van der Waals surface area contributed by atoms with E-state index < -0.39 is 29.8 Å². The molecule has 156 valence electrons. The van der Waals surface area contributed by atoms with Gasteiger partial charge in [0, 0.05) is 31.0 Å². The second kappa shape index (κ2) is 6.98. The Bertz CT molecular complexity index is 948. The van der Waals surface area contributed by atoms with E-state index in [2.05, 4.69) is 10.3 Å². The molecule has 0 unspecified atom stereocenters. The molecule has 0 aliphatic carbocycles. The van der Waals surface area contributed by atoms with Crippen molar-refractivity contribution in [1.29, 1.82) is 0 Å². The molecule has 3 heterocycles. The lowest BCUT2D eigenvalue weighted by atomic mass is 9.73. The Balaban J connectivity index is 1.80. The molecule has 0 N–H and O–H groups in total. The lowest BCUT2D eigenvalue weighted by Crippen LogP contribution is -2.56. The first-order valence-electron chi connectivity index (χ1n) is 9.29. The van der Waals surface area contributed by atoms with Crippen LogP contribution in [0.5, 0.6) is 0 Å². The van der Waals surface area contributed by atoms with Crippen LogP contribution in [0, 0.1) is 0 Å². The van der Waals surface area contributed by atoms with E-state index >= 15 is 0 Å². The second-order valence-corrected chi connectivity index (χ2v) is 8.13. The van der Waals surface area contributed by atoms with Gasteiger partial charge < -0.3 is 9.64 Å². The minimum atomic E-state index is -4.97. The van der Waals surface area contributed by atoms with Crippen molar-refractivity contribution in [2.45, 2.75) is 50.0 Å². The molecule has 0 radical (unpaired) electrons. The summed E-state index contributed by atoms with van der Waals surface area (Å²) in [4.78, 5) is 13.1. The maximum atomic E-state index is 13.3. The molecule has 1 fully saturated rings. The first kappa shape index (κ1) is 20.2. The largest absolute Gasteiger partial charge is 0.471 e. The van der Waals surface area contributed by atoms with Gasteiger partial charge in [0.05, 0.1) is 24.4 Å². The molecule has 2 aliphatic heterocycles. The zero-order valence-corrected chi connectivity index (χ0v) is 16.7. The van der Waals surface area contributed by atoms with Crippen molar-refractivity contribution in [3.05, 3.63) is 46.2 Å². The zero-order valence-electron chi connectivity index (χ0n) is 15.9. The molecule has 29 heavy (non-hydrogen) atoms. The summed E-state index contributed by atoms with van der Waals surface area (Å²) in [6.45, 7) is 2.04. The highest BCUT2D eigenvalue weighted by atomic mass is 35.5. The van der Waals surface area contributed by atoms with E-state index in [-0.39, 0.29) is 12.8 Å². The number of aromatic nitrogens is 3. The summed E-state index contributed by atoms with van der Waals surface area (Å²) in [6.07, 6.45) is -2.35. The van der Waals surface area contributed by atoms with Gasteiger partial charge in [-0.15, -0.1) is 5.10 Å². The van der Waals surface area contributed by atoms with Crippen LogP contribution in [-0.4, -0.2) is 44.6 Å². The number of rotatable bonds is 1. The average Bonchev–Trinajstić information content (AvgIpc) is 3.06. The van der Waals surface area contributed by atoms with Crippen LogP contribution >= 0.6 is 11.6 Å². The number of piperidine rings is 1. The van der Waals surface area contributed by atoms with E-state index in [1.165, 1.54) is 4.68 Å². The van der Waals surface area contributed by atoms with Crippen molar-refractivity contribution < 1.29 is 22.7 Å². The number of fused-ring (bicyclic) bond motifs is 2. The number of amides is 1. The molecule has 4 rings (SSSR count). The fraction of sp³-hybridized carbons (Fsp3) is 0.526. The van der Waals surface area contributed by atoms with E-state index in [9.17, 15) is 18.0 Å². The average molecular weight is 429 g/mol. The normalized spacial score (nSPS) is 27.2. The van der Waals surface area contributed by atoms with Crippen molar-refractivity contribution in [2.75, 3.05) is 6.61 Å². The number of ether oxygens (including phenoxy) is 1. The van der Waals surface area contributed by atoms with E-state index in [1.54, 1.807) is 26.2 Å². The number of halogens is 4. The molecule has 1 saturated heterocycles. The zero-order chi connectivity index (χ0) is 21.0. The summed E-state index contributed by atoms with van der Waals surface area (Å²) in [5.41, 5.74) is 1.42. The maximum Gasteiger partial charge on any atom is 0.471 e. The van der Waals surface area contributed by atoms with Crippen LogP contribution < -0.4 is 0 Å². The van der Waals surface area contributed by atoms with Gasteiger partial charge in [-0.1, -0.05) is 22.9 Å². The number of hydrogen-bond donors (Lipinski definition) is 0. The molecule has 1 spiro atoms. The van der Waals surface area contributed by atoms with Gasteiger partial charge in [0.1, 0.15) is 5.69 Å². The fourth-order valence-corrected chi connectivity index (χ4v) is 4.81. The van der Waals surface area contributed by atoms with Gasteiger partial charge in [-0.2, -0.15) is 13.2 Å². The summed E-state index contributed by atoms with van der Waals surface area (Å²) >= 11 is 6.14. The van der Waals surface area contributed by atoms with E-state index in [4.69, 9.17) is 16.3 Å². The van der Waals surface area contributed by atoms with Gasteiger partial charge in [0.25, 0.3) is 0 Å². The van der Waals surface area contributed by atoms with Crippen LogP contribution in [0.3, 0.4) is 0 Å². The number of alkyl halides is 3. The third kappa shape index (κ3) is 3.50. The Morgan fingerprint density at radius 1 is 1.34 bits per heavy atom. The minimum Gasteiger partial charge on any atom is -0.370 e. The first-order valence-corrected chi connectivity index (χ1v) is 9.67. The summed E-state index contributed by atoms with van der Waals surface area (Å²) in [7, 11) is 1.63. The Hall–Kier alpha value is -2.13. The van der Waals surface area contributed by atoms with E-state index in [0.717, 1.165) is 16.0 Å². The lowest BCUT2D eigenvalue weighted by Gasteiger charge is -2.51. The molecular weight excluding hydrogens is 409 g/mol. The SMILES string of the molecule is C[C@H]1C[C@@]2(C[C@@H](c3cn(C)nn3)N1C(=O)C(F)(F)F)OCCc1cc(Cl)ccc12. The molecule has 6 nitrogen and oxygen atoms in total. The summed E-state index contributed by atoms with van der Waals surface area (Å²) in [5, 5.41) is 8.46. The summed E-state index contributed by atoms with van der Waals surface area (Å²) < 4.78 is 47.6. The third-order valence-electron chi connectivity index (χ3n) is 5.71. The number of hydrogen-bond acceptors (Lipinski definition) is 4. The van der Waals surface area contributed by atoms with Crippen LogP contribution in [0.1, 0.15) is 42.6 Å². The van der Waals surface area contributed by atoms with Crippen molar-refractivity contribution in [3.8, 4) is 0 Å². The molecule has 2 aromatic rings. The van der Waals surface area contributed by atoms with Crippen molar-refractivity contribution in [2.24, 2.45) is 7.05 Å². The van der Waals surface area contributed by atoms with Crippen LogP contribution in [0.4, 0.5) is 13.2 Å². The van der Waals surface area contributed by atoms with Crippen molar-refractivity contribution in [1.82, 2.24) is 19.9 Å². The van der Waals surface area contributed by atoms with Gasteiger partial charge in [-0.25, -0.2) is 0 Å². The molecule has 0 bridgehead atoms. The molecule has 0 saturated carbocycles. The van der Waals surface area contributed by atoms with Gasteiger partial charge >= 0.3 is 12.1 Å². The molecule has 3 atom stereocenters. The molecular formula is C19H20ClF3N4O2. The van der Waals surface area contributed by atoms with E-state index in [1.807, 2.05) is 12.1 Å². The monoisotopic (exact) mass is 428 g/mol. The van der Waals surface area contributed by atoms with Gasteiger partial charge in [-0.3, -0.25) is 9.48 Å². The van der Waals surface area contributed by atoms with E-state index in [0.29, 0.717) is 23.7 Å². The van der Waals surface area contributed by atoms with Gasteiger partial charge in [0.15, 0.2) is 0 Å². The number of aryl methyl sites for hydroxylation is 1. The molecule has 1 aromatic carbocycles. The maximum absolute atomic E-state index is 13.3. The van der Waals surface area contributed by atoms with Crippen LogP contribution in [0.2, 0.25) is 5.02 Å². The number of nitrogens with zero attached hydrogens (tertiary/aromatic N) is 4. The highest BCUT2D eigenvalue weighted by molar-refractivity contribution is 6.30.